The van der Waals surface area contributed by atoms with Gasteiger partial charge in [0.25, 0.3) is 0 Å². The minimum Gasteiger partial charge on any atom is -0.387 e. The number of benzene rings is 2. The van der Waals surface area contributed by atoms with Crippen molar-refractivity contribution < 1.29 is 17.9 Å². The number of pyridine rings is 1. The molecule has 0 spiro atoms. The van der Waals surface area contributed by atoms with Crippen molar-refractivity contribution in [3.05, 3.63) is 94.5 Å². The molecule has 150 valence electrons. The maximum Gasteiger partial charge on any atom is 0.244 e. The van der Waals surface area contributed by atoms with Crippen molar-refractivity contribution in [2.45, 2.75) is 30.0 Å². The Bertz CT molecular complexity index is 1120. The minimum absolute atomic E-state index is 0.00168. The number of halogens is 2. The lowest BCUT2D eigenvalue weighted by molar-refractivity contribution is 0.0765. The van der Waals surface area contributed by atoms with Crippen LogP contribution in [0.2, 0.25) is 5.02 Å². The van der Waals surface area contributed by atoms with Crippen LogP contribution < -0.4 is 0 Å². The topological polar surface area (TPSA) is 70.5 Å². The van der Waals surface area contributed by atoms with Crippen LogP contribution >= 0.6 is 11.6 Å². The van der Waals surface area contributed by atoms with E-state index in [0.717, 1.165) is 0 Å². The molecule has 5 nitrogen and oxygen atoms in total. The van der Waals surface area contributed by atoms with Gasteiger partial charge in [0.15, 0.2) is 0 Å². The number of aliphatic hydroxyl groups excluding tert-OH is 1. The molecule has 2 unspecified atom stereocenters. The van der Waals surface area contributed by atoms with Crippen molar-refractivity contribution in [2.75, 3.05) is 0 Å². The van der Waals surface area contributed by atoms with Gasteiger partial charge in [-0.05, 0) is 36.2 Å². The Labute approximate surface area is 173 Å². The van der Waals surface area contributed by atoms with Crippen LogP contribution in [0.15, 0.2) is 71.9 Å². The summed E-state index contributed by atoms with van der Waals surface area (Å²) in [5.74, 6) is -0.540. The highest BCUT2D eigenvalue weighted by Gasteiger charge is 2.44. The molecule has 29 heavy (non-hydrogen) atoms. The Morgan fingerprint density at radius 2 is 1.90 bits per heavy atom. The molecule has 1 aromatic heterocycles. The van der Waals surface area contributed by atoms with Crippen LogP contribution in [-0.4, -0.2) is 28.9 Å². The zero-order valence-electron chi connectivity index (χ0n) is 15.2. The highest BCUT2D eigenvalue weighted by molar-refractivity contribution is 7.89. The average molecular weight is 433 g/mol. The third kappa shape index (κ3) is 3.67. The summed E-state index contributed by atoms with van der Waals surface area (Å²) in [6.07, 6.45) is 1.95. The summed E-state index contributed by atoms with van der Waals surface area (Å²) in [5.41, 5.74) is 1.13. The van der Waals surface area contributed by atoms with Crippen LogP contribution in [0.25, 0.3) is 0 Å². The van der Waals surface area contributed by atoms with Gasteiger partial charge in [-0.2, -0.15) is 4.31 Å². The molecule has 3 aromatic rings. The Hall–Kier alpha value is -2.32. The fourth-order valence-corrected chi connectivity index (χ4v) is 5.75. The first-order chi connectivity index (χ1) is 13.9. The number of hydrogen-bond acceptors (Lipinski definition) is 4. The van der Waals surface area contributed by atoms with Gasteiger partial charge in [0.05, 0.1) is 17.0 Å². The molecule has 2 heterocycles. The third-order valence-electron chi connectivity index (χ3n) is 5.09. The van der Waals surface area contributed by atoms with Crippen LogP contribution in [0, 0.1) is 5.82 Å². The predicted octanol–water partition coefficient (Wildman–Crippen LogP) is 3.72. The average Bonchev–Trinajstić information content (AvgIpc) is 2.72. The molecule has 1 N–H and O–H groups in total. The van der Waals surface area contributed by atoms with Gasteiger partial charge < -0.3 is 5.11 Å². The first kappa shape index (κ1) is 20.0. The summed E-state index contributed by atoms with van der Waals surface area (Å²) in [6.45, 7) is -0.00168. The van der Waals surface area contributed by atoms with E-state index in [4.69, 9.17) is 11.6 Å². The number of nitrogens with zero attached hydrogens (tertiary/aromatic N) is 2. The van der Waals surface area contributed by atoms with Crippen molar-refractivity contribution in [1.82, 2.24) is 9.29 Å². The molecule has 1 aliphatic heterocycles. The zero-order chi connectivity index (χ0) is 20.6. The lowest BCUT2D eigenvalue weighted by Gasteiger charge is -2.39. The van der Waals surface area contributed by atoms with Gasteiger partial charge in [-0.15, -0.1) is 0 Å². The molecule has 0 saturated heterocycles. The fourth-order valence-electron chi connectivity index (χ4n) is 3.65. The minimum atomic E-state index is -3.93. The number of aromatic nitrogens is 1. The van der Waals surface area contributed by atoms with E-state index in [0.29, 0.717) is 11.1 Å². The summed E-state index contributed by atoms with van der Waals surface area (Å²) in [4.78, 5) is 4.08. The highest BCUT2D eigenvalue weighted by Crippen LogP contribution is 2.39. The summed E-state index contributed by atoms with van der Waals surface area (Å²) in [7, 11) is -3.93. The second kappa shape index (κ2) is 7.84. The van der Waals surface area contributed by atoms with Gasteiger partial charge >= 0.3 is 0 Å². The zero-order valence-corrected chi connectivity index (χ0v) is 16.8. The molecule has 4 rings (SSSR count). The van der Waals surface area contributed by atoms with E-state index in [-0.39, 0.29) is 28.4 Å². The van der Waals surface area contributed by atoms with E-state index in [9.17, 15) is 17.9 Å². The summed E-state index contributed by atoms with van der Waals surface area (Å²) in [6, 6.07) is 13.2. The Kier molecular flexibility index (Phi) is 5.40. The maximum atomic E-state index is 14.4. The van der Waals surface area contributed by atoms with E-state index in [2.05, 4.69) is 4.98 Å². The van der Waals surface area contributed by atoms with Gasteiger partial charge in [-0.25, -0.2) is 12.8 Å². The van der Waals surface area contributed by atoms with E-state index < -0.39 is 28.0 Å². The Morgan fingerprint density at radius 1 is 1.10 bits per heavy atom. The smallest absolute Gasteiger partial charge is 0.244 e. The van der Waals surface area contributed by atoms with E-state index in [1.807, 2.05) is 0 Å². The first-order valence-electron chi connectivity index (χ1n) is 9.00. The van der Waals surface area contributed by atoms with Crippen molar-refractivity contribution >= 4 is 21.6 Å². The van der Waals surface area contributed by atoms with E-state index >= 15 is 0 Å². The second-order valence-electron chi connectivity index (χ2n) is 6.87. The number of aliphatic hydroxyl groups is 1. The monoisotopic (exact) mass is 432 g/mol. The molecule has 2 atom stereocenters. The van der Waals surface area contributed by atoms with Crippen molar-refractivity contribution in [3.63, 3.8) is 0 Å². The first-order valence-corrected chi connectivity index (χ1v) is 10.8. The van der Waals surface area contributed by atoms with Crippen molar-refractivity contribution in [3.8, 4) is 0 Å². The normalized spacial score (nSPS) is 20.9. The van der Waals surface area contributed by atoms with E-state index in [1.54, 1.807) is 48.8 Å². The molecular weight excluding hydrogens is 415 g/mol. The Balaban J connectivity index is 1.83. The standard InChI is InChI=1S/C21H18ClFN2O3S/c22-17-7-3-8-18(23)16(17)11-19-21(26)15-6-1-2-9-20(15)29(27,28)25(19)13-14-5-4-10-24-12-14/h1-10,12,19,21,26H,11,13H2. The number of sulfonamides is 1. The molecule has 0 bridgehead atoms. The van der Waals surface area contributed by atoms with Gasteiger partial charge in [-0.1, -0.05) is 41.9 Å². The van der Waals surface area contributed by atoms with Gasteiger partial charge in [0.2, 0.25) is 10.0 Å². The van der Waals surface area contributed by atoms with Gasteiger partial charge in [-0.3, -0.25) is 4.98 Å². The van der Waals surface area contributed by atoms with Crippen LogP contribution in [-0.2, 0) is 23.0 Å². The number of hydrogen-bond donors (Lipinski definition) is 1. The van der Waals surface area contributed by atoms with E-state index in [1.165, 1.54) is 22.5 Å². The summed E-state index contributed by atoms with van der Waals surface area (Å²) < 4.78 is 42.4. The number of fused-ring (bicyclic) bond motifs is 1. The largest absolute Gasteiger partial charge is 0.387 e. The predicted molar refractivity (Wildman–Crippen MR) is 107 cm³/mol. The highest BCUT2D eigenvalue weighted by atomic mass is 35.5. The molecule has 8 heteroatoms. The molecule has 2 aromatic carbocycles. The molecule has 0 radical (unpaired) electrons. The van der Waals surface area contributed by atoms with Crippen molar-refractivity contribution in [1.29, 1.82) is 0 Å². The summed E-state index contributed by atoms with van der Waals surface area (Å²) in [5, 5.41) is 11.2. The van der Waals surface area contributed by atoms with Crippen molar-refractivity contribution in [2.24, 2.45) is 0 Å². The fraction of sp³-hybridized carbons (Fsp3) is 0.190. The van der Waals surface area contributed by atoms with Crippen LogP contribution in [0.5, 0.6) is 0 Å². The van der Waals surface area contributed by atoms with Gasteiger partial charge in [0, 0.05) is 35.1 Å². The second-order valence-corrected chi connectivity index (χ2v) is 9.13. The number of rotatable bonds is 4. The molecule has 0 amide bonds. The lowest BCUT2D eigenvalue weighted by Crippen LogP contribution is -2.48. The van der Waals surface area contributed by atoms with Crippen LogP contribution in [0.3, 0.4) is 0 Å². The summed E-state index contributed by atoms with van der Waals surface area (Å²) >= 11 is 6.18. The lowest BCUT2D eigenvalue weighted by atomic mass is 9.95. The van der Waals surface area contributed by atoms with Gasteiger partial charge in [0.1, 0.15) is 5.82 Å². The third-order valence-corrected chi connectivity index (χ3v) is 7.39. The molecule has 0 saturated carbocycles. The maximum absolute atomic E-state index is 14.4. The molecular formula is C21H18ClFN2O3S. The molecule has 0 aliphatic carbocycles. The SMILES string of the molecule is O=S1(=O)c2ccccc2C(O)C(Cc2c(F)cccc2Cl)N1Cc1cccnc1. The van der Waals surface area contributed by atoms with Crippen LogP contribution in [0.4, 0.5) is 4.39 Å². The Morgan fingerprint density at radius 3 is 2.62 bits per heavy atom. The molecule has 1 aliphatic rings. The molecule has 0 fully saturated rings. The quantitative estimate of drug-likeness (QED) is 0.682. The van der Waals surface area contributed by atoms with Crippen LogP contribution in [0.1, 0.15) is 22.8 Å².